The fourth-order valence-electron chi connectivity index (χ4n) is 2.41. The first kappa shape index (κ1) is 19.4. The molecule has 2 aromatic rings. The van der Waals surface area contributed by atoms with Gasteiger partial charge in [0.1, 0.15) is 5.82 Å². The number of carbonyl (C=O) groups excluding carboxylic acids is 2. The Balaban J connectivity index is 1.83. The second-order valence-corrected chi connectivity index (χ2v) is 5.97. The molecule has 0 aliphatic carbocycles. The summed E-state index contributed by atoms with van der Waals surface area (Å²) in [4.78, 5) is 23.8. The number of hydrogen-bond acceptors (Lipinski definition) is 3. The van der Waals surface area contributed by atoms with Gasteiger partial charge in [0, 0.05) is 17.8 Å². The van der Waals surface area contributed by atoms with Crippen LogP contribution in [0.4, 0.5) is 21.5 Å². The molecule has 2 amide bonds. The summed E-state index contributed by atoms with van der Waals surface area (Å²) < 4.78 is 13.5. The van der Waals surface area contributed by atoms with Gasteiger partial charge in [-0.05, 0) is 36.8 Å². The van der Waals surface area contributed by atoms with Gasteiger partial charge in [0.05, 0.1) is 12.2 Å². The molecule has 0 radical (unpaired) electrons. The number of amides is 2. The fraction of sp³-hybridized carbons (Fsp3) is 0.300. The number of rotatable bonds is 9. The molecule has 0 unspecified atom stereocenters. The van der Waals surface area contributed by atoms with Crippen LogP contribution in [-0.4, -0.2) is 18.4 Å². The van der Waals surface area contributed by atoms with E-state index in [1.807, 2.05) is 0 Å². The number of para-hydroxylation sites is 1. The van der Waals surface area contributed by atoms with Crippen molar-refractivity contribution in [3.05, 3.63) is 54.3 Å². The molecule has 2 aromatic carbocycles. The number of hydrogen-bond donors (Lipinski definition) is 3. The molecule has 26 heavy (non-hydrogen) atoms. The number of carbonyl (C=O) groups is 2. The molecule has 0 saturated carbocycles. The lowest BCUT2D eigenvalue weighted by molar-refractivity contribution is -0.116. The van der Waals surface area contributed by atoms with Gasteiger partial charge in [0.25, 0.3) is 0 Å². The highest BCUT2D eigenvalue weighted by molar-refractivity contribution is 5.94. The Morgan fingerprint density at radius 2 is 1.69 bits per heavy atom. The molecule has 0 heterocycles. The van der Waals surface area contributed by atoms with E-state index < -0.39 is 5.82 Å². The van der Waals surface area contributed by atoms with E-state index in [0.29, 0.717) is 17.8 Å². The molecular formula is C20H24FN3O2. The summed E-state index contributed by atoms with van der Waals surface area (Å²) >= 11 is 0. The van der Waals surface area contributed by atoms with Crippen molar-refractivity contribution >= 4 is 28.9 Å². The molecule has 2 rings (SSSR count). The molecule has 0 aliphatic rings. The predicted molar refractivity (Wildman–Crippen MR) is 103 cm³/mol. The molecule has 0 aromatic heterocycles. The molecule has 0 spiro atoms. The van der Waals surface area contributed by atoms with Crippen molar-refractivity contribution in [2.45, 2.75) is 32.6 Å². The van der Waals surface area contributed by atoms with Gasteiger partial charge in [-0.25, -0.2) is 4.39 Å². The zero-order valence-electron chi connectivity index (χ0n) is 14.8. The van der Waals surface area contributed by atoms with Crippen LogP contribution >= 0.6 is 0 Å². The smallest absolute Gasteiger partial charge is 0.243 e. The first-order valence-electron chi connectivity index (χ1n) is 8.76. The minimum Gasteiger partial charge on any atom is -0.376 e. The Morgan fingerprint density at radius 3 is 2.46 bits per heavy atom. The summed E-state index contributed by atoms with van der Waals surface area (Å²) in [7, 11) is 0. The summed E-state index contributed by atoms with van der Waals surface area (Å²) in [6.07, 6.45) is 3.47. The van der Waals surface area contributed by atoms with Gasteiger partial charge < -0.3 is 16.0 Å². The number of anilines is 3. The molecule has 0 saturated heterocycles. The van der Waals surface area contributed by atoms with Crippen LogP contribution in [0.3, 0.4) is 0 Å². The summed E-state index contributed by atoms with van der Waals surface area (Å²) in [5.41, 5.74) is 1.51. The van der Waals surface area contributed by atoms with Gasteiger partial charge in [-0.1, -0.05) is 38.0 Å². The largest absolute Gasteiger partial charge is 0.376 e. The molecule has 0 atom stereocenters. The van der Waals surface area contributed by atoms with Crippen molar-refractivity contribution in [2.75, 3.05) is 22.5 Å². The standard InChI is InChI=1S/C20H24FN3O2/c1-2-3-4-12-19(25)23-16-9-7-8-15(13-16)22-14-20(26)24-18-11-6-5-10-17(18)21/h5-11,13,22H,2-4,12,14H2,1H3,(H,23,25)(H,24,26). The first-order chi connectivity index (χ1) is 12.6. The third-order valence-electron chi connectivity index (χ3n) is 3.75. The summed E-state index contributed by atoms with van der Waals surface area (Å²) in [6, 6.07) is 13.1. The van der Waals surface area contributed by atoms with E-state index in [1.54, 1.807) is 36.4 Å². The van der Waals surface area contributed by atoms with Crippen molar-refractivity contribution < 1.29 is 14.0 Å². The van der Waals surface area contributed by atoms with Gasteiger partial charge in [-0.15, -0.1) is 0 Å². The second kappa shape index (κ2) is 10.2. The Hall–Kier alpha value is -2.89. The number of benzene rings is 2. The van der Waals surface area contributed by atoms with Crippen molar-refractivity contribution in [1.29, 1.82) is 0 Å². The van der Waals surface area contributed by atoms with Crippen LogP contribution in [0, 0.1) is 5.82 Å². The zero-order valence-corrected chi connectivity index (χ0v) is 14.8. The predicted octanol–water partition coefficient (Wildman–Crippen LogP) is 4.40. The lowest BCUT2D eigenvalue weighted by atomic mass is 10.2. The summed E-state index contributed by atoms with van der Waals surface area (Å²) in [5.74, 6) is -0.856. The maximum Gasteiger partial charge on any atom is 0.243 e. The highest BCUT2D eigenvalue weighted by atomic mass is 19.1. The van der Waals surface area contributed by atoms with E-state index >= 15 is 0 Å². The van der Waals surface area contributed by atoms with Gasteiger partial charge >= 0.3 is 0 Å². The van der Waals surface area contributed by atoms with Crippen LogP contribution in [0.5, 0.6) is 0 Å². The average Bonchev–Trinajstić information content (AvgIpc) is 2.62. The third-order valence-corrected chi connectivity index (χ3v) is 3.75. The molecule has 138 valence electrons. The van der Waals surface area contributed by atoms with Crippen molar-refractivity contribution in [3.63, 3.8) is 0 Å². The fourth-order valence-corrected chi connectivity index (χ4v) is 2.41. The normalized spacial score (nSPS) is 10.2. The Kier molecular flexibility index (Phi) is 7.61. The van der Waals surface area contributed by atoms with Crippen LogP contribution in [0.1, 0.15) is 32.6 Å². The molecule has 0 bridgehead atoms. The summed E-state index contributed by atoms with van der Waals surface area (Å²) in [5, 5.41) is 8.32. The quantitative estimate of drug-likeness (QED) is 0.583. The van der Waals surface area contributed by atoms with Crippen LogP contribution in [0.15, 0.2) is 48.5 Å². The maximum absolute atomic E-state index is 13.5. The Bertz CT molecular complexity index is 749. The number of nitrogens with one attached hydrogen (secondary N) is 3. The Labute approximate surface area is 153 Å². The van der Waals surface area contributed by atoms with E-state index in [1.165, 1.54) is 12.1 Å². The monoisotopic (exact) mass is 357 g/mol. The van der Waals surface area contributed by atoms with Crippen molar-refractivity contribution in [2.24, 2.45) is 0 Å². The SMILES string of the molecule is CCCCCC(=O)Nc1cccc(NCC(=O)Nc2ccccc2F)c1. The van der Waals surface area contributed by atoms with E-state index in [2.05, 4.69) is 22.9 Å². The first-order valence-corrected chi connectivity index (χ1v) is 8.76. The highest BCUT2D eigenvalue weighted by Crippen LogP contribution is 2.16. The lowest BCUT2D eigenvalue weighted by Gasteiger charge is -2.10. The molecule has 5 nitrogen and oxygen atoms in total. The Morgan fingerprint density at radius 1 is 0.923 bits per heavy atom. The highest BCUT2D eigenvalue weighted by Gasteiger charge is 2.07. The molecule has 0 fully saturated rings. The minimum absolute atomic E-state index is 0.0117. The second-order valence-electron chi connectivity index (χ2n) is 5.97. The van der Waals surface area contributed by atoms with E-state index in [0.717, 1.165) is 19.3 Å². The van der Waals surface area contributed by atoms with Crippen LogP contribution in [0.2, 0.25) is 0 Å². The minimum atomic E-state index is -0.478. The number of halogens is 1. The van der Waals surface area contributed by atoms with Crippen molar-refractivity contribution in [1.82, 2.24) is 0 Å². The third kappa shape index (κ3) is 6.55. The van der Waals surface area contributed by atoms with E-state index in [-0.39, 0.29) is 24.0 Å². The van der Waals surface area contributed by atoms with Gasteiger partial charge in [-0.2, -0.15) is 0 Å². The van der Waals surface area contributed by atoms with Crippen LogP contribution in [0.25, 0.3) is 0 Å². The van der Waals surface area contributed by atoms with Crippen molar-refractivity contribution in [3.8, 4) is 0 Å². The molecule has 6 heteroatoms. The van der Waals surface area contributed by atoms with Gasteiger partial charge in [0.2, 0.25) is 11.8 Å². The zero-order chi connectivity index (χ0) is 18.8. The molecule has 0 aliphatic heterocycles. The molecular weight excluding hydrogens is 333 g/mol. The maximum atomic E-state index is 13.5. The van der Waals surface area contributed by atoms with E-state index in [4.69, 9.17) is 0 Å². The lowest BCUT2D eigenvalue weighted by Crippen LogP contribution is -2.22. The van der Waals surface area contributed by atoms with Gasteiger partial charge in [-0.3, -0.25) is 9.59 Å². The van der Waals surface area contributed by atoms with E-state index in [9.17, 15) is 14.0 Å². The van der Waals surface area contributed by atoms with Crippen LogP contribution < -0.4 is 16.0 Å². The van der Waals surface area contributed by atoms with Crippen LogP contribution in [-0.2, 0) is 9.59 Å². The van der Waals surface area contributed by atoms with Gasteiger partial charge in [0.15, 0.2) is 0 Å². The summed E-state index contributed by atoms with van der Waals surface area (Å²) in [6.45, 7) is 2.08. The topological polar surface area (TPSA) is 70.2 Å². The molecule has 3 N–H and O–H groups in total. The number of unbranched alkanes of at least 4 members (excludes halogenated alkanes) is 2. The average molecular weight is 357 g/mol.